The number of sulfone groups is 1. The highest BCUT2D eigenvalue weighted by atomic mass is 32.2. The number of ether oxygens (including phenoxy) is 1. The quantitative estimate of drug-likeness (QED) is 0.811. The third-order valence-corrected chi connectivity index (χ3v) is 5.21. The van der Waals surface area contributed by atoms with Crippen molar-refractivity contribution in [3.05, 3.63) is 29.1 Å². The maximum absolute atomic E-state index is 11.5. The minimum atomic E-state index is -3.04. The van der Waals surface area contributed by atoms with Gasteiger partial charge < -0.3 is 9.26 Å². The molecule has 0 atom stereocenters. The van der Waals surface area contributed by atoms with Crippen molar-refractivity contribution in [1.82, 2.24) is 10.1 Å². The Hall–Kier alpha value is -1.89. The molecule has 0 fully saturated rings. The van der Waals surface area contributed by atoms with Gasteiger partial charge in [-0.1, -0.05) is 12.1 Å². The van der Waals surface area contributed by atoms with E-state index < -0.39 is 9.84 Å². The number of rotatable bonds is 6. The first-order chi connectivity index (χ1) is 10.4. The summed E-state index contributed by atoms with van der Waals surface area (Å²) in [5, 5.41) is 3.86. The summed E-state index contributed by atoms with van der Waals surface area (Å²) < 4.78 is 33.7. The third-order valence-electron chi connectivity index (χ3n) is 3.50. The van der Waals surface area contributed by atoms with Crippen molar-refractivity contribution < 1.29 is 17.7 Å². The molecule has 0 unspecified atom stereocenters. The molecule has 7 heteroatoms. The van der Waals surface area contributed by atoms with Crippen LogP contribution in [0.4, 0.5) is 0 Å². The van der Waals surface area contributed by atoms with E-state index in [1.165, 1.54) is 0 Å². The smallest absolute Gasteiger partial charge is 0.258 e. The predicted octanol–water partition coefficient (Wildman–Crippen LogP) is 2.34. The van der Waals surface area contributed by atoms with Crippen LogP contribution < -0.4 is 4.74 Å². The van der Waals surface area contributed by atoms with Gasteiger partial charge in [-0.25, -0.2) is 8.42 Å². The van der Waals surface area contributed by atoms with Crippen molar-refractivity contribution in [3.63, 3.8) is 0 Å². The number of benzene rings is 1. The SMILES string of the molecule is CCS(=O)(=O)CCc1noc(-c2cc(C)cc(OC)c2C)n1. The van der Waals surface area contributed by atoms with E-state index in [0.29, 0.717) is 11.7 Å². The van der Waals surface area contributed by atoms with E-state index >= 15 is 0 Å². The van der Waals surface area contributed by atoms with Crippen molar-refractivity contribution in [1.29, 1.82) is 0 Å². The van der Waals surface area contributed by atoms with Gasteiger partial charge in [0.2, 0.25) is 0 Å². The van der Waals surface area contributed by atoms with E-state index in [9.17, 15) is 8.42 Å². The lowest BCUT2D eigenvalue weighted by atomic mass is 10.0. The predicted molar refractivity (Wildman–Crippen MR) is 83.8 cm³/mol. The lowest BCUT2D eigenvalue weighted by Gasteiger charge is -2.09. The molecule has 0 spiro atoms. The van der Waals surface area contributed by atoms with Crippen molar-refractivity contribution >= 4 is 9.84 Å². The summed E-state index contributed by atoms with van der Waals surface area (Å²) in [6.45, 7) is 5.49. The Morgan fingerprint density at radius 2 is 2.00 bits per heavy atom. The summed E-state index contributed by atoms with van der Waals surface area (Å²) in [4.78, 5) is 4.30. The molecule has 0 saturated carbocycles. The molecule has 0 aliphatic carbocycles. The minimum Gasteiger partial charge on any atom is -0.496 e. The van der Waals surface area contributed by atoms with Gasteiger partial charge in [0.1, 0.15) is 15.6 Å². The summed E-state index contributed by atoms with van der Waals surface area (Å²) in [7, 11) is -1.43. The van der Waals surface area contributed by atoms with Crippen LogP contribution in [-0.4, -0.2) is 37.2 Å². The Kier molecular flexibility index (Phi) is 4.85. The Balaban J connectivity index is 2.27. The Morgan fingerprint density at radius 3 is 2.64 bits per heavy atom. The fraction of sp³-hybridized carbons (Fsp3) is 0.467. The zero-order valence-electron chi connectivity index (χ0n) is 13.2. The van der Waals surface area contributed by atoms with Gasteiger partial charge in [-0.2, -0.15) is 4.98 Å². The molecule has 0 aliphatic rings. The number of methoxy groups -OCH3 is 1. The topological polar surface area (TPSA) is 82.3 Å². The van der Waals surface area contributed by atoms with Gasteiger partial charge >= 0.3 is 0 Å². The maximum Gasteiger partial charge on any atom is 0.258 e. The van der Waals surface area contributed by atoms with Crippen LogP contribution in [0.3, 0.4) is 0 Å². The van der Waals surface area contributed by atoms with E-state index in [1.54, 1.807) is 14.0 Å². The van der Waals surface area contributed by atoms with Crippen LogP contribution in [0.1, 0.15) is 23.9 Å². The second-order valence-electron chi connectivity index (χ2n) is 5.14. The first kappa shape index (κ1) is 16.5. The standard InChI is InChI=1S/C15H20N2O4S/c1-5-22(18,19)7-6-14-16-15(21-17-14)12-8-10(2)9-13(20-4)11(12)3/h8-9H,5-7H2,1-4H3. The first-order valence-corrected chi connectivity index (χ1v) is 8.87. The fourth-order valence-electron chi connectivity index (χ4n) is 2.12. The van der Waals surface area contributed by atoms with Gasteiger partial charge in [0, 0.05) is 23.3 Å². The van der Waals surface area contributed by atoms with E-state index in [2.05, 4.69) is 10.1 Å². The molecule has 0 N–H and O–H groups in total. The lowest BCUT2D eigenvalue weighted by Crippen LogP contribution is -2.11. The Labute approximate surface area is 130 Å². The molecule has 120 valence electrons. The van der Waals surface area contributed by atoms with Crippen LogP contribution >= 0.6 is 0 Å². The lowest BCUT2D eigenvalue weighted by molar-refractivity contribution is 0.408. The number of aryl methyl sites for hydroxylation is 2. The van der Waals surface area contributed by atoms with Crippen LogP contribution in [0.2, 0.25) is 0 Å². The Bertz CT molecular complexity index is 766. The molecule has 0 radical (unpaired) electrons. The molecule has 0 aliphatic heterocycles. The summed E-state index contributed by atoms with van der Waals surface area (Å²) in [5.41, 5.74) is 2.73. The van der Waals surface area contributed by atoms with Gasteiger partial charge in [0.25, 0.3) is 5.89 Å². The number of nitrogens with zero attached hydrogens (tertiary/aromatic N) is 2. The van der Waals surface area contributed by atoms with Crippen molar-refractivity contribution in [2.45, 2.75) is 27.2 Å². The molecule has 6 nitrogen and oxygen atoms in total. The highest BCUT2D eigenvalue weighted by Gasteiger charge is 2.16. The highest BCUT2D eigenvalue weighted by molar-refractivity contribution is 7.91. The fourth-order valence-corrected chi connectivity index (χ4v) is 2.90. The third kappa shape index (κ3) is 3.65. The second-order valence-corrected chi connectivity index (χ2v) is 7.61. The zero-order chi connectivity index (χ0) is 16.3. The van der Waals surface area contributed by atoms with Gasteiger partial charge in [-0.3, -0.25) is 0 Å². The molecular weight excluding hydrogens is 304 g/mol. The van der Waals surface area contributed by atoms with Crippen LogP contribution in [-0.2, 0) is 16.3 Å². The van der Waals surface area contributed by atoms with Crippen LogP contribution in [0.15, 0.2) is 16.7 Å². The first-order valence-electron chi connectivity index (χ1n) is 7.05. The molecule has 1 aromatic carbocycles. The van der Waals surface area contributed by atoms with E-state index in [4.69, 9.17) is 9.26 Å². The van der Waals surface area contributed by atoms with Gasteiger partial charge in [0.05, 0.1) is 12.9 Å². The highest BCUT2D eigenvalue weighted by Crippen LogP contribution is 2.30. The summed E-state index contributed by atoms with van der Waals surface area (Å²) >= 11 is 0. The summed E-state index contributed by atoms with van der Waals surface area (Å²) in [6, 6.07) is 3.88. The van der Waals surface area contributed by atoms with E-state index in [1.807, 2.05) is 26.0 Å². The molecule has 1 aromatic heterocycles. The summed E-state index contributed by atoms with van der Waals surface area (Å²) in [5.74, 6) is 1.67. The number of aromatic nitrogens is 2. The Morgan fingerprint density at radius 1 is 1.27 bits per heavy atom. The van der Waals surface area contributed by atoms with E-state index in [0.717, 1.165) is 22.4 Å². The summed E-state index contributed by atoms with van der Waals surface area (Å²) in [6.07, 6.45) is 0.252. The average molecular weight is 324 g/mol. The maximum atomic E-state index is 11.5. The van der Waals surface area contributed by atoms with Crippen LogP contribution in [0.5, 0.6) is 5.75 Å². The van der Waals surface area contributed by atoms with Crippen molar-refractivity contribution in [2.75, 3.05) is 18.6 Å². The molecule has 0 bridgehead atoms. The average Bonchev–Trinajstić information content (AvgIpc) is 2.96. The molecule has 0 saturated heterocycles. The normalized spacial score (nSPS) is 11.6. The number of hydrogen-bond acceptors (Lipinski definition) is 6. The monoisotopic (exact) mass is 324 g/mol. The van der Waals surface area contributed by atoms with Gasteiger partial charge in [-0.05, 0) is 31.5 Å². The van der Waals surface area contributed by atoms with Crippen molar-refractivity contribution in [2.24, 2.45) is 0 Å². The zero-order valence-corrected chi connectivity index (χ0v) is 14.0. The molecule has 2 aromatic rings. The van der Waals surface area contributed by atoms with Gasteiger partial charge in [0.15, 0.2) is 5.82 Å². The molecule has 2 rings (SSSR count). The molecule has 1 heterocycles. The largest absolute Gasteiger partial charge is 0.496 e. The van der Waals surface area contributed by atoms with E-state index in [-0.39, 0.29) is 17.9 Å². The van der Waals surface area contributed by atoms with Crippen LogP contribution in [0, 0.1) is 13.8 Å². The number of hydrogen-bond donors (Lipinski definition) is 0. The van der Waals surface area contributed by atoms with Gasteiger partial charge in [-0.15, -0.1) is 0 Å². The molecular formula is C15H20N2O4S. The molecule has 0 amide bonds. The van der Waals surface area contributed by atoms with Crippen molar-refractivity contribution in [3.8, 4) is 17.2 Å². The second kappa shape index (κ2) is 6.48. The van der Waals surface area contributed by atoms with Crippen LogP contribution in [0.25, 0.3) is 11.5 Å². The minimum absolute atomic E-state index is 0.0264. The molecule has 22 heavy (non-hydrogen) atoms.